The first kappa shape index (κ1) is 19.6. The number of carbonyl (C=O) groups excluding carboxylic acids is 1. The van der Waals surface area contributed by atoms with Crippen LogP contribution >= 0.6 is 0 Å². The Labute approximate surface area is 156 Å². The maximum absolute atomic E-state index is 11.1. The van der Waals surface area contributed by atoms with E-state index in [0.29, 0.717) is 6.10 Å². The zero-order valence-corrected chi connectivity index (χ0v) is 14.7. The van der Waals surface area contributed by atoms with Crippen LogP contribution in [0.3, 0.4) is 0 Å². The van der Waals surface area contributed by atoms with Crippen molar-refractivity contribution in [3.63, 3.8) is 0 Å². The van der Waals surface area contributed by atoms with Crippen LogP contribution in [0.15, 0.2) is 48.5 Å². The van der Waals surface area contributed by atoms with E-state index < -0.39 is 0 Å². The van der Waals surface area contributed by atoms with Gasteiger partial charge in [0.05, 0.1) is 12.1 Å². The second kappa shape index (κ2) is 9.10. The van der Waals surface area contributed by atoms with E-state index in [4.69, 9.17) is 4.74 Å². The third-order valence-corrected chi connectivity index (χ3v) is 4.39. The molecule has 0 aliphatic heterocycles. The molecule has 1 atom stereocenters. The highest BCUT2D eigenvalue weighted by molar-refractivity contribution is 5.73. The van der Waals surface area contributed by atoms with Gasteiger partial charge in [-0.2, -0.15) is 0 Å². The van der Waals surface area contributed by atoms with Gasteiger partial charge in [0.15, 0.2) is 0 Å². The van der Waals surface area contributed by atoms with Crippen molar-refractivity contribution in [3.05, 3.63) is 65.2 Å². The Balaban J connectivity index is 0.00000243. The summed E-state index contributed by atoms with van der Waals surface area (Å²) in [6.45, 7) is 3.49. The molecule has 0 unspecified atom stereocenters. The number of nitrogens with one attached hydrogen (secondary N) is 1. The second-order valence-electron chi connectivity index (χ2n) is 6.49. The van der Waals surface area contributed by atoms with Gasteiger partial charge in [-0.3, -0.25) is 4.79 Å². The van der Waals surface area contributed by atoms with Crippen LogP contribution in [0, 0.1) is 11.8 Å². The van der Waals surface area contributed by atoms with Gasteiger partial charge in [-0.1, -0.05) is 31.4 Å². The number of ether oxygens (including phenoxy) is 1. The van der Waals surface area contributed by atoms with Gasteiger partial charge in [0, 0.05) is 18.1 Å². The molecule has 0 bridgehead atoms. The van der Waals surface area contributed by atoms with E-state index in [1.807, 2.05) is 55.5 Å². The Morgan fingerprint density at radius 2 is 1.58 bits per heavy atom. The molecule has 1 aliphatic carbocycles. The fraction of sp³-hybridized carbons (Fsp3) is 0.348. The molecule has 1 N–H and O–H groups in total. The predicted octanol–water partition coefficient (Wildman–Crippen LogP) is 4.85. The number of hydrogen-bond donors (Lipinski definition) is 1. The van der Waals surface area contributed by atoms with Crippen molar-refractivity contribution in [1.29, 1.82) is 0 Å². The zero-order valence-electron chi connectivity index (χ0n) is 14.7. The summed E-state index contributed by atoms with van der Waals surface area (Å²) < 4.78 is 5.85. The van der Waals surface area contributed by atoms with E-state index in [0.717, 1.165) is 35.3 Å². The van der Waals surface area contributed by atoms with E-state index in [9.17, 15) is 4.79 Å². The minimum Gasteiger partial charge on any atom is -0.490 e. The van der Waals surface area contributed by atoms with Gasteiger partial charge in [0.25, 0.3) is 0 Å². The fourth-order valence-corrected chi connectivity index (χ4v) is 2.69. The summed E-state index contributed by atoms with van der Waals surface area (Å²) in [5.74, 6) is 7.24. The summed E-state index contributed by atoms with van der Waals surface area (Å²) in [5.41, 5.74) is 2.99. The highest BCUT2D eigenvalue weighted by atomic mass is 16.5. The van der Waals surface area contributed by atoms with Crippen LogP contribution in [0.1, 0.15) is 63.3 Å². The smallest absolute Gasteiger partial charge is 0.217 e. The van der Waals surface area contributed by atoms with Crippen molar-refractivity contribution in [3.8, 4) is 17.6 Å². The lowest BCUT2D eigenvalue weighted by molar-refractivity contribution is -0.119. The monoisotopic (exact) mass is 349 g/mol. The van der Waals surface area contributed by atoms with Crippen molar-refractivity contribution in [2.24, 2.45) is 0 Å². The molecule has 0 heterocycles. The molecule has 136 valence electrons. The molecule has 0 aromatic heterocycles. The summed E-state index contributed by atoms with van der Waals surface area (Å²) in [4.78, 5) is 11.1. The summed E-state index contributed by atoms with van der Waals surface area (Å²) in [7, 11) is 0. The number of carbonyl (C=O) groups is 1. The third kappa shape index (κ3) is 5.39. The number of benzene rings is 2. The van der Waals surface area contributed by atoms with Crippen LogP contribution in [0.2, 0.25) is 0 Å². The Hall–Kier alpha value is -2.73. The van der Waals surface area contributed by atoms with Gasteiger partial charge < -0.3 is 10.1 Å². The van der Waals surface area contributed by atoms with Crippen LogP contribution in [-0.2, 0) is 4.79 Å². The third-order valence-electron chi connectivity index (χ3n) is 4.39. The van der Waals surface area contributed by atoms with Crippen LogP contribution in [-0.4, -0.2) is 12.0 Å². The minimum absolute atomic E-state index is 0. The first-order chi connectivity index (χ1) is 12.1. The molecule has 0 radical (unpaired) electrons. The lowest BCUT2D eigenvalue weighted by Crippen LogP contribution is -2.24. The Morgan fingerprint density at radius 1 is 1.04 bits per heavy atom. The van der Waals surface area contributed by atoms with Crippen LogP contribution < -0.4 is 10.1 Å². The van der Waals surface area contributed by atoms with Crippen LogP contribution in [0.5, 0.6) is 5.75 Å². The molecule has 26 heavy (non-hydrogen) atoms. The summed E-state index contributed by atoms with van der Waals surface area (Å²) in [6, 6.07) is 15.9. The van der Waals surface area contributed by atoms with E-state index in [1.165, 1.54) is 13.3 Å². The van der Waals surface area contributed by atoms with Crippen LogP contribution in [0.4, 0.5) is 0 Å². The first-order valence-electron chi connectivity index (χ1n) is 8.76. The molecule has 1 aliphatic rings. The molecule has 1 amide bonds. The standard InChI is InChI=1S/C22H23NO2.CH4/c1-16(23-17(2)24)20-12-8-18(9-13-20)6-7-19-10-14-22(15-11-19)25-21-4-3-5-21;/h8-16,21H,3-5H2,1-2H3,(H,23,24);1H4/t16-;/m0./s1. The number of amides is 1. The molecule has 3 rings (SSSR count). The molecular formula is C23H27NO2. The fourth-order valence-electron chi connectivity index (χ4n) is 2.69. The van der Waals surface area contributed by atoms with Gasteiger partial charge in [0.2, 0.25) is 5.91 Å². The van der Waals surface area contributed by atoms with Gasteiger partial charge in [-0.15, -0.1) is 0 Å². The lowest BCUT2D eigenvalue weighted by Gasteiger charge is -2.26. The number of hydrogen-bond acceptors (Lipinski definition) is 2. The molecule has 3 heteroatoms. The summed E-state index contributed by atoms with van der Waals surface area (Å²) in [5, 5.41) is 2.88. The largest absolute Gasteiger partial charge is 0.490 e. The molecule has 1 saturated carbocycles. The highest BCUT2D eigenvalue weighted by Gasteiger charge is 2.18. The second-order valence-corrected chi connectivity index (χ2v) is 6.49. The molecule has 3 nitrogen and oxygen atoms in total. The van der Waals surface area contributed by atoms with Crippen molar-refractivity contribution in [1.82, 2.24) is 5.32 Å². The Kier molecular flexibility index (Phi) is 6.86. The van der Waals surface area contributed by atoms with E-state index in [1.54, 1.807) is 0 Å². The minimum atomic E-state index is -0.0268. The molecule has 1 fully saturated rings. The van der Waals surface area contributed by atoms with Gasteiger partial charge >= 0.3 is 0 Å². The molecule has 2 aromatic rings. The zero-order chi connectivity index (χ0) is 17.6. The van der Waals surface area contributed by atoms with Gasteiger partial charge in [-0.05, 0) is 68.1 Å². The van der Waals surface area contributed by atoms with E-state index >= 15 is 0 Å². The normalized spacial score (nSPS) is 14.1. The molecule has 0 spiro atoms. The maximum Gasteiger partial charge on any atom is 0.217 e. The average Bonchev–Trinajstić information content (AvgIpc) is 2.57. The van der Waals surface area contributed by atoms with E-state index in [-0.39, 0.29) is 19.4 Å². The van der Waals surface area contributed by atoms with Gasteiger partial charge in [0.1, 0.15) is 5.75 Å². The summed E-state index contributed by atoms with van der Waals surface area (Å²) >= 11 is 0. The van der Waals surface area contributed by atoms with Crippen molar-refractivity contribution in [2.75, 3.05) is 0 Å². The Bertz CT molecular complexity index is 778. The average molecular weight is 349 g/mol. The maximum atomic E-state index is 11.1. The SMILES string of the molecule is C.CC(=O)N[C@@H](C)c1ccc(C#Cc2ccc(OC3CCC3)cc2)cc1. The lowest BCUT2D eigenvalue weighted by atomic mass is 9.96. The molecule has 2 aromatic carbocycles. The van der Waals surface area contributed by atoms with Crippen LogP contribution in [0.25, 0.3) is 0 Å². The highest BCUT2D eigenvalue weighted by Crippen LogP contribution is 2.25. The van der Waals surface area contributed by atoms with Crippen molar-refractivity contribution in [2.45, 2.75) is 52.7 Å². The van der Waals surface area contributed by atoms with Gasteiger partial charge in [-0.25, -0.2) is 0 Å². The van der Waals surface area contributed by atoms with Crippen molar-refractivity contribution >= 4 is 5.91 Å². The summed E-state index contributed by atoms with van der Waals surface area (Å²) in [6.07, 6.45) is 4.00. The Morgan fingerprint density at radius 3 is 2.04 bits per heavy atom. The number of rotatable bonds is 4. The quantitative estimate of drug-likeness (QED) is 0.801. The predicted molar refractivity (Wildman–Crippen MR) is 106 cm³/mol. The molecule has 0 saturated heterocycles. The first-order valence-corrected chi connectivity index (χ1v) is 8.76. The van der Waals surface area contributed by atoms with E-state index in [2.05, 4.69) is 17.2 Å². The molecular weight excluding hydrogens is 322 g/mol. The van der Waals surface area contributed by atoms with Crippen molar-refractivity contribution < 1.29 is 9.53 Å². The topological polar surface area (TPSA) is 38.3 Å².